The Hall–Kier alpha value is -2.63. The van der Waals surface area contributed by atoms with E-state index in [1.165, 1.54) is 6.92 Å². The summed E-state index contributed by atoms with van der Waals surface area (Å²) < 4.78 is 5.01. The first-order valence-electron chi connectivity index (χ1n) is 5.51. The summed E-state index contributed by atoms with van der Waals surface area (Å²) in [6.07, 6.45) is 1.02. The van der Waals surface area contributed by atoms with Gasteiger partial charge in [-0.2, -0.15) is 0 Å². The monoisotopic (exact) mass is 261 g/mol. The molecule has 6 heteroatoms. The fourth-order valence-corrected chi connectivity index (χ4v) is 1.51. The number of aliphatic imine (C=N–C) groups is 1. The molecule has 0 aliphatic carbocycles. The van der Waals surface area contributed by atoms with E-state index in [9.17, 15) is 14.7 Å². The van der Waals surface area contributed by atoms with Gasteiger partial charge in [0.05, 0.1) is 5.39 Å². The van der Waals surface area contributed by atoms with Gasteiger partial charge >= 0.3 is 11.6 Å². The molecule has 6 nitrogen and oxygen atoms in total. The molecular formula is C13H11NO5. The molecule has 0 aliphatic rings. The van der Waals surface area contributed by atoms with E-state index in [1.54, 1.807) is 24.3 Å². The van der Waals surface area contributed by atoms with Crippen molar-refractivity contribution in [3.05, 3.63) is 40.2 Å². The van der Waals surface area contributed by atoms with Gasteiger partial charge in [0.1, 0.15) is 22.9 Å². The molecule has 0 saturated heterocycles. The van der Waals surface area contributed by atoms with Crippen molar-refractivity contribution in [2.75, 3.05) is 0 Å². The minimum absolute atomic E-state index is 0.160. The second-order valence-corrected chi connectivity index (χ2v) is 3.94. The van der Waals surface area contributed by atoms with Gasteiger partial charge in [-0.3, -0.25) is 4.99 Å². The lowest BCUT2D eigenvalue weighted by Crippen LogP contribution is -2.15. The van der Waals surface area contributed by atoms with E-state index in [0.717, 1.165) is 6.21 Å². The summed E-state index contributed by atoms with van der Waals surface area (Å²) in [7, 11) is 0. The van der Waals surface area contributed by atoms with Crippen molar-refractivity contribution in [1.29, 1.82) is 0 Å². The number of para-hydroxylation sites is 1. The van der Waals surface area contributed by atoms with Gasteiger partial charge in [-0.15, -0.1) is 0 Å². The number of carbonyl (C=O) groups is 1. The Morgan fingerprint density at radius 1 is 1.42 bits per heavy atom. The van der Waals surface area contributed by atoms with Crippen LogP contribution in [0.2, 0.25) is 0 Å². The van der Waals surface area contributed by atoms with Crippen LogP contribution in [0.4, 0.5) is 0 Å². The first-order chi connectivity index (χ1) is 9.00. The molecule has 0 saturated carbocycles. The standard InChI is InChI=1S/C13H11NO5/c1-7(12(16)17)14-6-9-11(15)8-4-2-3-5-10(8)19-13(9)18/h2-7,15H,1H3,(H,16,17)/t7-/m1/s1. The summed E-state index contributed by atoms with van der Waals surface area (Å²) in [5.74, 6) is -1.39. The molecule has 0 unspecified atom stereocenters. The van der Waals surface area contributed by atoms with Crippen LogP contribution in [0, 0.1) is 0 Å². The number of fused-ring (bicyclic) bond motifs is 1. The molecule has 2 rings (SSSR count). The maximum atomic E-state index is 11.7. The third kappa shape index (κ3) is 2.47. The van der Waals surface area contributed by atoms with Gasteiger partial charge in [0.2, 0.25) is 0 Å². The van der Waals surface area contributed by atoms with E-state index in [-0.39, 0.29) is 16.9 Å². The maximum Gasteiger partial charge on any atom is 0.348 e. The number of nitrogens with zero attached hydrogens (tertiary/aromatic N) is 1. The van der Waals surface area contributed by atoms with Crippen LogP contribution < -0.4 is 5.63 Å². The lowest BCUT2D eigenvalue weighted by atomic mass is 10.1. The molecule has 0 radical (unpaired) electrons. The lowest BCUT2D eigenvalue weighted by molar-refractivity contribution is -0.137. The molecule has 1 heterocycles. The normalized spacial score (nSPS) is 12.9. The van der Waals surface area contributed by atoms with Gasteiger partial charge in [0.25, 0.3) is 0 Å². The van der Waals surface area contributed by atoms with Gasteiger partial charge in [-0.1, -0.05) is 12.1 Å². The zero-order valence-electron chi connectivity index (χ0n) is 10.0. The minimum Gasteiger partial charge on any atom is -0.506 e. The van der Waals surface area contributed by atoms with Crippen LogP contribution in [0.1, 0.15) is 12.5 Å². The Morgan fingerprint density at radius 2 is 2.11 bits per heavy atom. The average Bonchev–Trinajstić information content (AvgIpc) is 2.38. The predicted molar refractivity (Wildman–Crippen MR) is 68.8 cm³/mol. The van der Waals surface area contributed by atoms with Crippen molar-refractivity contribution in [3.63, 3.8) is 0 Å². The van der Waals surface area contributed by atoms with Crippen molar-refractivity contribution in [2.24, 2.45) is 4.99 Å². The first kappa shape index (κ1) is 12.8. The van der Waals surface area contributed by atoms with E-state index >= 15 is 0 Å². The summed E-state index contributed by atoms with van der Waals surface area (Å²) in [5, 5.41) is 19.0. The smallest absolute Gasteiger partial charge is 0.348 e. The second kappa shape index (κ2) is 4.93. The molecule has 0 fully saturated rings. The molecule has 2 aromatic rings. The van der Waals surface area contributed by atoms with Gasteiger partial charge in [-0.25, -0.2) is 9.59 Å². The summed E-state index contributed by atoms with van der Waals surface area (Å²) in [6.45, 7) is 1.36. The topological polar surface area (TPSA) is 100 Å². The van der Waals surface area contributed by atoms with E-state index in [2.05, 4.69) is 4.99 Å². The van der Waals surface area contributed by atoms with Gasteiger partial charge in [0.15, 0.2) is 0 Å². The van der Waals surface area contributed by atoms with Crippen LogP contribution in [-0.2, 0) is 4.79 Å². The number of hydrogen-bond donors (Lipinski definition) is 2. The highest BCUT2D eigenvalue weighted by molar-refractivity contribution is 5.94. The summed E-state index contributed by atoms with van der Waals surface area (Å²) in [5.41, 5.74) is -0.669. The number of aliphatic carboxylic acids is 1. The molecule has 19 heavy (non-hydrogen) atoms. The Morgan fingerprint density at radius 3 is 2.79 bits per heavy atom. The van der Waals surface area contributed by atoms with Gasteiger partial charge in [-0.05, 0) is 19.1 Å². The second-order valence-electron chi connectivity index (χ2n) is 3.94. The number of carboxylic acids is 1. The third-order valence-corrected chi connectivity index (χ3v) is 2.60. The Kier molecular flexibility index (Phi) is 3.33. The van der Waals surface area contributed by atoms with Crippen molar-refractivity contribution in [2.45, 2.75) is 13.0 Å². The highest BCUT2D eigenvalue weighted by Crippen LogP contribution is 2.24. The number of benzene rings is 1. The fourth-order valence-electron chi connectivity index (χ4n) is 1.51. The molecular weight excluding hydrogens is 250 g/mol. The molecule has 1 aromatic heterocycles. The Balaban J connectivity index is 2.55. The van der Waals surface area contributed by atoms with Gasteiger partial charge in [0, 0.05) is 6.21 Å². The number of aromatic hydroxyl groups is 1. The largest absolute Gasteiger partial charge is 0.506 e. The van der Waals surface area contributed by atoms with Crippen LogP contribution in [-0.4, -0.2) is 28.4 Å². The van der Waals surface area contributed by atoms with E-state index < -0.39 is 17.6 Å². The molecule has 0 bridgehead atoms. The number of rotatable bonds is 3. The van der Waals surface area contributed by atoms with Crippen LogP contribution >= 0.6 is 0 Å². The maximum absolute atomic E-state index is 11.7. The van der Waals surface area contributed by atoms with Crippen molar-refractivity contribution in [3.8, 4) is 5.75 Å². The molecule has 98 valence electrons. The highest BCUT2D eigenvalue weighted by Gasteiger charge is 2.13. The molecule has 0 amide bonds. The van der Waals surface area contributed by atoms with Crippen molar-refractivity contribution >= 4 is 23.2 Å². The number of carboxylic acid groups (broad SMARTS) is 1. The molecule has 1 aromatic carbocycles. The van der Waals surface area contributed by atoms with Gasteiger partial charge < -0.3 is 14.6 Å². The lowest BCUT2D eigenvalue weighted by Gasteiger charge is -2.03. The van der Waals surface area contributed by atoms with Crippen molar-refractivity contribution < 1.29 is 19.4 Å². The van der Waals surface area contributed by atoms with E-state index in [1.807, 2.05) is 0 Å². The van der Waals surface area contributed by atoms with E-state index in [4.69, 9.17) is 9.52 Å². The predicted octanol–water partition coefficient (Wildman–Crippen LogP) is 1.39. The minimum atomic E-state index is -1.12. The molecule has 0 spiro atoms. The van der Waals surface area contributed by atoms with E-state index in [0.29, 0.717) is 5.39 Å². The molecule has 2 N–H and O–H groups in total. The van der Waals surface area contributed by atoms with Crippen LogP contribution in [0.3, 0.4) is 0 Å². The molecule has 0 aliphatic heterocycles. The highest BCUT2D eigenvalue weighted by atomic mass is 16.4. The quantitative estimate of drug-likeness (QED) is 0.642. The zero-order valence-corrected chi connectivity index (χ0v) is 10.0. The van der Waals surface area contributed by atoms with Crippen LogP contribution in [0.5, 0.6) is 5.75 Å². The third-order valence-electron chi connectivity index (χ3n) is 2.60. The summed E-state index contributed by atoms with van der Waals surface area (Å²) in [4.78, 5) is 26.0. The SMILES string of the molecule is C[C@@H](N=Cc1c(O)c2ccccc2oc1=O)C(=O)O. The Labute approximate surface area is 107 Å². The van der Waals surface area contributed by atoms with Crippen LogP contribution in [0.15, 0.2) is 38.5 Å². The molecule has 1 atom stereocenters. The van der Waals surface area contributed by atoms with Crippen molar-refractivity contribution in [1.82, 2.24) is 0 Å². The zero-order chi connectivity index (χ0) is 14.0. The summed E-state index contributed by atoms with van der Waals surface area (Å²) in [6, 6.07) is 5.49. The number of hydrogen-bond acceptors (Lipinski definition) is 5. The fraction of sp³-hybridized carbons (Fsp3) is 0.154. The Bertz CT molecular complexity index is 717. The van der Waals surface area contributed by atoms with Crippen LogP contribution in [0.25, 0.3) is 11.0 Å². The summed E-state index contributed by atoms with van der Waals surface area (Å²) >= 11 is 0. The first-order valence-corrected chi connectivity index (χ1v) is 5.51. The average molecular weight is 261 g/mol.